The fourth-order valence-electron chi connectivity index (χ4n) is 2.65. The number of amides is 1. The first-order valence-corrected chi connectivity index (χ1v) is 6.33. The summed E-state index contributed by atoms with van der Waals surface area (Å²) in [5, 5.41) is 3.34. The van der Waals surface area contributed by atoms with Gasteiger partial charge in [-0.2, -0.15) is 0 Å². The standard InChI is InChI=1S/C12H22N2O.ClH/c1-2-10-6-8-14(9-10)12(15)11-5-3-4-7-13-11;/h10-11,13H,2-9H2,1H3;1H. The molecule has 3 nitrogen and oxygen atoms in total. The van der Waals surface area contributed by atoms with Crippen molar-refractivity contribution in [1.29, 1.82) is 0 Å². The number of likely N-dealkylation sites (tertiary alicyclic amines) is 1. The van der Waals surface area contributed by atoms with E-state index in [1.807, 2.05) is 0 Å². The van der Waals surface area contributed by atoms with Gasteiger partial charge < -0.3 is 10.2 Å². The third kappa shape index (κ3) is 3.11. The predicted octanol–water partition coefficient (Wildman–Crippen LogP) is 1.81. The molecule has 2 fully saturated rings. The quantitative estimate of drug-likeness (QED) is 0.806. The van der Waals surface area contributed by atoms with Gasteiger partial charge in [-0.15, -0.1) is 12.4 Å². The van der Waals surface area contributed by atoms with Crippen molar-refractivity contribution in [1.82, 2.24) is 10.2 Å². The molecule has 1 N–H and O–H groups in total. The van der Waals surface area contributed by atoms with E-state index in [4.69, 9.17) is 0 Å². The second-order valence-electron chi connectivity index (χ2n) is 4.85. The Morgan fingerprint density at radius 3 is 2.75 bits per heavy atom. The lowest BCUT2D eigenvalue weighted by Crippen LogP contribution is -2.47. The molecule has 2 rings (SSSR count). The molecule has 2 heterocycles. The summed E-state index contributed by atoms with van der Waals surface area (Å²) in [7, 11) is 0. The van der Waals surface area contributed by atoms with Crippen LogP contribution in [0.25, 0.3) is 0 Å². The van der Waals surface area contributed by atoms with Gasteiger partial charge in [0, 0.05) is 13.1 Å². The lowest BCUT2D eigenvalue weighted by Gasteiger charge is -2.27. The largest absolute Gasteiger partial charge is 0.341 e. The third-order valence-electron chi connectivity index (χ3n) is 3.78. The number of nitrogens with zero attached hydrogens (tertiary/aromatic N) is 1. The number of halogens is 1. The first kappa shape index (κ1) is 13.8. The minimum atomic E-state index is 0. The van der Waals surface area contributed by atoms with Crippen LogP contribution in [-0.4, -0.2) is 36.5 Å². The Morgan fingerprint density at radius 1 is 1.38 bits per heavy atom. The lowest BCUT2D eigenvalue weighted by atomic mass is 10.0. The fourth-order valence-corrected chi connectivity index (χ4v) is 2.65. The number of piperidine rings is 1. The molecule has 2 unspecified atom stereocenters. The fraction of sp³-hybridized carbons (Fsp3) is 0.917. The second kappa shape index (κ2) is 6.45. The van der Waals surface area contributed by atoms with E-state index in [9.17, 15) is 4.79 Å². The summed E-state index contributed by atoms with van der Waals surface area (Å²) in [4.78, 5) is 14.2. The summed E-state index contributed by atoms with van der Waals surface area (Å²) in [5.74, 6) is 1.10. The second-order valence-corrected chi connectivity index (χ2v) is 4.85. The number of hydrogen-bond acceptors (Lipinski definition) is 2. The van der Waals surface area contributed by atoms with Crippen LogP contribution in [0, 0.1) is 5.92 Å². The highest BCUT2D eigenvalue weighted by Crippen LogP contribution is 2.21. The average Bonchev–Trinajstić information content (AvgIpc) is 2.78. The number of hydrogen-bond donors (Lipinski definition) is 1. The molecule has 0 aliphatic carbocycles. The van der Waals surface area contributed by atoms with Gasteiger partial charge in [0.2, 0.25) is 5.91 Å². The smallest absolute Gasteiger partial charge is 0.239 e. The van der Waals surface area contributed by atoms with Crippen LogP contribution in [-0.2, 0) is 4.79 Å². The van der Waals surface area contributed by atoms with Gasteiger partial charge in [0.05, 0.1) is 6.04 Å². The van der Waals surface area contributed by atoms with E-state index in [0.717, 1.165) is 32.0 Å². The van der Waals surface area contributed by atoms with Crippen molar-refractivity contribution in [2.45, 2.75) is 45.1 Å². The van der Waals surface area contributed by atoms with E-state index in [2.05, 4.69) is 17.1 Å². The molecule has 0 saturated carbocycles. The molecule has 2 saturated heterocycles. The summed E-state index contributed by atoms with van der Waals surface area (Å²) in [6, 6.07) is 0.120. The molecule has 4 heteroatoms. The van der Waals surface area contributed by atoms with Crippen LogP contribution >= 0.6 is 12.4 Å². The molecular formula is C12H23ClN2O. The van der Waals surface area contributed by atoms with Crippen molar-refractivity contribution >= 4 is 18.3 Å². The van der Waals surface area contributed by atoms with E-state index >= 15 is 0 Å². The van der Waals surface area contributed by atoms with E-state index in [0.29, 0.717) is 5.91 Å². The summed E-state index contributed by atoms with van der Waals surface area (Å²) >= 11 is 0. The maximum atomic E-state index is 12.1. The lowest BCUT2D eigenvalue weighted by molar-refractivity contribution is -0.133. The zero-order valence-electron chi connectivity index (χ0n) is 10.1. The van der Waals surface area contributed by atoms with Gasteiger partial charge in [-0.3, -0.25) is 4.79 Å². The number of rotatable bonds is 2. The molecule has 2 atom stereocenters. The van der Waals surface area contributed by atoms with Crippen molar-refractivity contribution in [2.24, 2.45) is 5.92 Å². The van der Waals surface area contributed by atoms with Gasteiger partial charge in [0.1, 0.15) is 0 Å². The van der Waals surface area contributed by atoms with Crippen molar-refractivity contribution in [2.75, 3.05) is 19.6 Å². The molecule has 0 bridgehead atoms. The van der Waals surface area contributed by atoms with Crippen molar-refractivity contribution in [3.63, 3.8) is 0 Å². The van der Waals surface area contributed by atoms with Crippen molar-refractivity contribution in [3.8, 4) is 0 Å². The maximum Gasteiger partial charge on any atom is 0.239 e. The van der Waals surface area contributed by atoms with Crippen molar-refractivity contribution in [3.05, 3.63) is 0 Å². The van der Waals surface area contributed by atoms with E-state index < -0.39 is 0 Å². The van der Waals surface area contributed by atoms with Gasteiger partial charge in [-0.05, 0) is 31.7 Å². The van der Waals surface area contributed by atoms with Gasteiger partial charge >= 0.3 is 0 Å². The van der Waals surface area contributed by atoms with Crippen LogP contribution in [0.3, 0.4) is 0 Å². The molecular weight excluding hydrogens is 224 g/mol. The Kier molecular flexibility index (Phi) is 5.56. The summed E-state index contributed by atoms with van der Waals surface area (Å²) < 4.78 is 0. The minimum absolute atomic E-state index is 0. The molecule has 0 aromatic heterocycles. The zero-order chi connectivity index (χ0) is 10.7. The Bertz CT molecular complexity index is 229. The highest BCUT2D eigenvalue weighted by atomic mass is 35.5. The predicted molar refractivity (Wildman–Crippen MR) is 67.9 cm³/mol. The van der Waals surface area contributed by atoms with E-state index in [-0.39, 0.29) is 18.4 Å². The number of carbonyl (C=O) groups excluding carboxylic acids is 1. The first-order chi connectivity index (χ1) is 7.31. The Labute approximate surface area is 104 Å². The highest BCUT2D eigenvalue weighted by Gasteiger charge is 2.30. The molecule has 2 aliphatic heterocycles. The molecule has 0 aromatic rings. The average molecular weight is 247 g/mol. The van der Waals surface area contributed by atoms with Gasteiger partial charge in [-0.25, -0.2) is 0 Å². The molecule has 94 valence electrons. The number of nitrogens with one attached hydrogen (secondary N) is 1. The van der Waals surface area contributed by atoms with Crippen LogP contribution in [0.4, 0.5) is 0 Å². The molecule has 0 radical (unpaired) electrons. The molecule has 1 amide bonds. The van der Waals surface area contributed by atoms with E-state index in [1.165, 1.54) is 25.7 Å². The highest BCUT2D eigenvalue weighted by molar-refractivity contribution is 5.85. The van der Waals surface area contributed by atoms with Crippen LogP contribution in [0.2, 0.25) is 0 Å². The number of carbonyl (C=O) groups is 1. The van der Waals surface area contributed by atoms with Gasteiger partial charge in [0.15, 0.2) is 0 Å². The SMILES string of the molecule is CCC1CCN(C(=O)C2CCCCN2)C1.Cl. The topological polar surface area (TPSA) is 32.3 Å². The van der Waals surface area contributed by atoms with Crippen molar-refractivity contribution < 1.29 is 4.79 Å². The maximum absolute atomic E-state index is 12.1. The molecule has 0 spiro atoms. The summed E-state index contributed by atoms with van der Waals surface area (Å²) in [6.45, 7) is 5.21. The van der Waals surface area contributed by atoms with Gasteiger partial charge in [0.25, 0.3) is 0 Å². The van der Waals surface area contributed by atoms with E-state index in [1.54, 1.807) is 0 Å². The van der Waals surface area contributed by atoms with Crippen LogP contribution in [0.5, 0.6) is 0 Å². The first-order valence-electron chi connectivity index (χ1n) is 6.33. The normalized spacial score (nSPS) is 29.9. The molecule has 16 heavy (non-hydrogen) atoms. The molecule has 0 aromatic carbocycles. The molecule has 2 aliphatic rings. The summed E-state index contributed by atoms with van der Waals surface area (Å²) in [6.07, 6.45) is 5.87. The van der Waals surface area contributed by atoms with Crippen LogP contribution in [0.1, 0.15) is 39.0 Å². The Morgan fingerprint density at radius 2 is 2.19 bits per heavy atom. The zero-order valence-corrected chi connectivity index (χ0v) is 10.9. The van der Waals surface area contributed by atoms with Gasteiger partial charge in [-0.1, -0.05) is 19.8 Å². The van der Waals surface area contributed by atoms with Crippen LogP contribution < -0.4 is 5.32 Å². The Balaban J connectivity index is 0.00000128. The summed E-state index contributed by atoms with van der Waals surface area (Å²) in [5.41, 5.74) is 0. The Hall–Kier alpha value is -0.280. The van der Waals surface area contributed by atoms with Crippen LogP contribution in [0.15, 0.2) is 0 Å². The minimum Gasteiger partial charge on any atom is -0.341 e. The third-order valence-corrected chi connectivity index (χ3v) is 3.78. The monoisotopic (exact) mass is 246 g/mol.